The van der Waals surface area contributed by atoms with Gasteiger partial charge in [-0.2, -0.15) is 0 Å². The molecule has 0 aliphatic rings. The summed E-state index contributed by atoms with van der Waals surface area (Å²) in [7, 11) is 3.58. The molecule has 1 atom stereocenters. The molecule has 1 aromatic carbocycles. The molecule has 1 unspecified atom stereocenters. The maximum atomic E-state index is 5.86. The van der Waals surface area contributed by atoms with Gasteiger partial charge < -0.3 is 15.0 Å². The molecule has 6 heteroatoms. The minimum Gasteiger partial charge on any atom is -0.496 e. The second kappa shape index (κ2) is 5.88. The molecular formula is C12H16N4OS. The van der Waals surface area contributed by atoms with Crippen molar-refractivity contribution in [3.63, 3.8) is 0 Å². The van der Waals surface area contributed by atoms with Crippen LogP contribution in [0.1, 0.15) is 10.8 Å². The first kappa shape index (κ1) is 12.9. The van der Waals surface area contributed by atoms with Crippen LogP contribution < -0.4 is 10.5 Å². The molecule has 1 heterocycles. The van der Waals surface area contributed by atoms with E-state index >= 15 is 0 Å². The first-order chi connectivity index (χ1) is 8.76. The summed E-state index contributed by atoms with van der Waals surface area (Å²) < 4.78 is 7.24. The number of methoxy groups -OCH3 is 1. The van der Waals surface area contributed by atoms with Crippen molar-refractivity contribution in [1.29, 1.82) is 0 Å². The lowest BCUT2D eigenvalue weighted by Gasteiger charge is -2.16. The minimum absolute atomic E-state index is 0.101. The Kier molecular flexibility index (Phi) is 4.22. The largest absolute Gasteiger partial charge is 0.496 e. The van der Waals surface area contributed by atoms with Crippen molar-refractivity contribution in [2.75, 3.05) is 13.7 Å². The van der Waals surface area contributed by atoms with Gasteiger partial charge in [0.1, 0.15) is 12.1 Å². The van der Waals surface area contributed by atoms with Gasteiger partial charge in [0.25, 0.3) is 0 Å². The van der Waals surface area contributed by atoms with Gasteiger partial charge in [0.15, 0.2) is 5.16 Å². The standard InChI is InChI=1S/C12H16N4OS/c1-16-8-14-15-12(16)18-11(7-13)9-5-3-4-6-10(9)17-2/h3-6,8,11H,7,13H2,1-2H3. The molecule has 18 heavy (non-hydrogen) atoms. The van der Waals surface area contributed by atoms with E-state index in [9.17, 15) is 0 Å². The van der Waals surface area contributed by atoms with E-state index in [0.29, 0.717) is 6.54 Å². The quantitative estimate of drug-likeness (QED) is 0.831. The van der Waals surface area contributed by atoms with E-state index in [4.69, 9.17) is 10.5 Å². The van der Waals surface area contributed by atoms with Crippen LogP contribution in [-0.4, -0.2) is 28.4 Å². The highest BCUT2D eigenvalue weighted by molar-refractivity contribution is 7.99. The van der Waals surface area contributed by atoms with E-state index in [1.54, 1.807) is 25.2 Å². The van der Waals surface area contributed by atoms with Crippen LogP contribution in [0, 0.1) is 0 Å². The predicted molar refractivity (Wildman–Crippen MR) is 71.6 cm³/mol. The maximum absolute atomic E-state index is 5.86. The number of hydrogen-bond donors (Lipinski definition) is 1. The zero-order valence-electron chi connectivity index (χ0n) is 10.4. The summed E-state index contributed by atoms with van der Waals surface area (Å²) in [6.45, 7) is 0.512. The van der Waals surface area contributed by atoms with Crippen molar-refractivity contribution in [1.82, 2.24) is 14.8 Å². The number of hydrogen-bond acceptors (Lipinski definition) is 5. The van der Waals surface area contributed by atoms with Crippen LogP contribution in [0.3, 0.4) is 0 Å². The van der Waals surface area contributed by atoms with Crippen molar-refractivity contribution in [2.45, 2.75) is 10.4 Å². The Balaban J connectivity index is 2.25. The van der Waals surface area contributed by atoms with E-state index < -0.39 is 0 Å². The fraction of sp³-hybridized carbons (Fsp3) is 0.333. The molecule has 0 aliphatic heterocycles. The molecule has 1 aromatic heterocycles. The molecule has 0 saturated heterocycles. The van der Waals surface area contributed by atoms with Gasteiger partial charge >= 0.3 is 0 Å². The van der Waals surface area contributed by atoms with E-state index in [1.807, 2.05) is 35.9 Å². The number of thioether (sulfide) groups is 1. The lowest BCUT2D eigenvalue weighted by atomic mass is 10.1. The smallest absolute Gasteiger partial charge is 0.191 e. The van der Waals surface area contributed by atoms with Crippen LogP contribution in [0.4, 0.5) is 0 Å². The molecule has 0 saturated carbocycles. The van der Waals surface area contributed by atoms with Crippen molar-refractivity contribution in [3.05, 3.63) is 36.2 Å². The summed E-state index contributed by atoms with van der Waals surface area (Å²) in [5.41, 5.74) is 6.94. The molecule has 0 amide bonds. The van der Waals surface area contributed by atoms with Crippen LogP contribution in [0.5, 0.6) is 5.75 Å². The summed E-state index contributed by atoms with van der Waals surface area (Å²) in [4.78, 5) is 0. The number of aromatic nitrogens is 3. The fourth-order valence-electron chi connectivity index (χ4n) is 1.68. The van der Waals surface area contributed by atoms with E-state index in [-0.39, 0.29) is 5.25 Å². The zero-order chi connectivity index (χ0) is 13.0. The number of ether oxygens (including phenoxy) is 1. The van der Waals surface area contributed by atoms with E-state index in [1.165, 1.54) is 0 Å². The minimum atomic E-state index is 0.101. The van der Waals surface area contributed by atoms with Crippen LogP contribution in [0.2, 0.25) is 0 Å². The Bertz CT molecular complexity index is 514. The second-order valence-electron chi connectivity index (χ2n) is 3.81. The normalized spacial score (nSPS) is 12.4. The molecular weight excluding hydrogens is 248 g/mol. The predicted octanol–water partition coefficient (Wildman–Crippen LogP) is 1.62. The van der Waals surface area contributed by atoms with E-state index in [2.05, 4.69) is 10.2 Å². The topological polar surface area (TPSA) is 66.0 Å². The first-order valence-corrected chi connectivity index (χ1v) is 6.48. The summed E-state index contributed by atoms with van der Waals surface area (Å²) in [6.07, 6.45) is 1.68. The van der Waals surface area contributed by atoms with Crippen LogP contribution in [0.15, 0.2) is 35.7 Å². The maximum Gasteiger partial charge on any atom is 0.191 e. The molecule has 2 rings (SSSR count). The van der Waals surface area contributed by atoms with Crippen molar-refractivity contribution < 1.29 is 4.74 Å². The molecule has 96 valence electrons. The highest BCUT2D eigenvalue weighted by Crippen LogP contribution is 2.37. The van der Waals surface area contributed by atoms with Crippen LogP contribution in [-0.2, 0) is 7.05 Å². The zero-order valence-corrected chi connectivity index (χ0v) is 11.2. The number of rotatable bonds is 5. The SMILES string of the molecule is COc1ccccc1C(CN)Sc1nncn1C. The Morgan fingerprint density at radius 3 is 2.83 bits per heavy atom. The van der Waals surface area contributed by atoms with Gasteiger partial charge in [-0.25, -0.2) is 0 Å². The van der Waals surface area contributed by atoms with Crippen LogP contribution >= 0.6 is 11.8 Å². The molecule has 0 aliphatic carbocycles. The third-order valence-corrected chi connectivity index (χ3v) is 3.93. The second-order valence-corrected chi connectivity index (χ2v) is 4.98. The molecule has 5 nitrogen and oxygen atoms in total. The Hall–Kier alpha value is -1.53. The van der Waals surface area contributed by atoms with Crippen LogP contribution in [0.25, 0.3) is 0 Å². The average Bonchev–Trinajstić information content (AvgIpc) is 2.81. The fourth-order valence-corrected chi connectivity index (χ4v) is 2.66. The van der Waals surface area contributed by atoms with Gasteiger partial charge in [-0.3, -0.25) is 0 Å². The molecule has 2 N–H and O–H groups in total. The first-order valence-electron chi connectivity index (χ1n) is 5.60. The average molecular weight is 264 g/mol. The van der Waals surface area contributed by atoms with Gasteiger partial charge in [0.2, 0.25) is 0 Å². The highest BCUT2D eigenvalue weighted by atomic mass is 32.2. The number of benzene rings is 1. The number of nitrogens with two attached hydrogens (primary N) is 1. The Morgan fingerprint density at radius 2 is 2.22 bits per heavy atom. The lowest BCUT2D eigenvalue weighted by molar-refractivity contribution is 0.409. The van der Waals surface area contributed by atoms with Gasteiger partial charge in [0, 0.05) is 19.2 Å². The van der Waals surface area contributed by atoms with E-state index in [0.717, 1.165) is 16.5 Å². The van der Waals surface area contributed by atoms with Gasteiger partial charge in [-0.05, 0) is 6.07 Å². The monoisotopic (exact) mass is 264 g/mol. The number of para-hydroxylation sites is 1. The highest BCUT2D eigenvalue weighted by Gasteiger charge is 2.18. The molecule has 0 fully saturated rings. The molecule has 2 aromatic rings. The molecule has 0 bridgehead atoms. The Morgan fingerprint density at radius 1 is 1.44 bits per heavy atom. The number of nitrogens with zero attached hydrogens (tertiary/aromatic N) is 3. The Labute approximate surface area is 110 Å². The molecule has 0 radical (unpaired) electrons. The van der Waals surface area contributed by atoms with Gasteiger partial charge in [-0.15, -0.1) is 10.2 Å². The summed E-state index contributed by atoms with van der Waals surface area (Å²) in [5.74, 6) is 0.850. The lowest BCUT2D eigenvalue weighted by Crippen LogP contribution is -2.11. The third kappa shape index (κ3) is 2.65. The number of aryl methyl sites for hydroxylation is 1. The summed E-state index contributed by atoms with van der Waals surface area (Å²) >= 11 is 1.59. The summed E-state index contributed by atoms with van der Waals surface area (Å²) in [6, 6.07) is 7.90. The van der Waals surface area contributed by atoms with Gasteiger partial charge in [-0.1, -0.05) is 30.0 Å². The third-order valence-electron chi connectivity index (χ3n) is 2.62. The van der Waals surface area contributed by atoms with Crippen molar-refractivity contribution in [2.24, 2.45) is 12.8 Å². The molecule has 0 spiro atoms. The van der Waals surface area contributed by atoms with Gasteiger partial charge in [0.05, 0.1) is 12.4 Å². The summed E-state index contributed by atoms with van der Waals surface area (Å²) in [5, 5.41) is 8.87. The van der Waals surface area contributed by atoms with Crippen molar-refractivity contribution >= 4 is 11.8 Å². The van der Waals surface area contributed by atoms with Crippen molar-refractivity contribution in [3.8, 4) is 5.75 Å².